The number of nitrogens with one attached hydrogen (secondary N) is 1. The van der Waals surface area contributed by atoms with Crippen molar-refractivity contribution in [1.82, 2.24) is 9.29 Å². The van der Waals surface area contributed by atoms with Gasteiger partial charge in [0.2, 0.25) is 10.0 Å². The molecule has 8 nitrogen and oxygen atoms in total. The predicted molar refractivity (Wildman–Crippen MR) is 71.6 cm³/mol. The molecule has 1 aromatic rings. The van der Waals surface area contributed by atoms with Crippen LogP contribution in [0.2, 0.25) is 0 Å². The number of hydrogen-bond acceptors (Lipinski definition) is 5. The maximum Gasteiger partial charge on any atom is 0.265 e. The van der Waals surface area contributed by atoms with E-state index in [1.165, 1.54) is 31.0 Å². The number of nitrogens with zero attached hydrogens (tertiary/aromatic N) is 1. The molecule has 0 aliphatic heterocycles. The first kappa shape index (κ1) is 16.6. The second-order valence-corrected chi connectivity index (χ2v) is 6.10. The molecule has 0 aliphatic carbocycles. The van der Waals surface area contributed by atoms with Crippen molar-refractivity contribution < 1.29 is 23.1 Å². The Morgan fingerprint density at radius 3 is 2.75 bits per heavy atom. The summed E-state index contributed by atoms with van der Waals surface area (Å²) in [6.45, 7) is 0.201. The summed E-state index contributed by atoms with van der Waals surface area (Å²) in [7, 11) is -0.760. The van der Waals surface area contributed by atoms with E-state index in [0.29, 0.717) is 0 Å². The minimum atomic E-state index is -3.74. The number of primary amides is 1. The Kier molecular flexibility index (Phi) is 5.69. The lowest BCUT2D eigenvalue weighted by Crippen LogP contribution is -2.28. The van der Waals surface area contributed by atoms with Gasteiger partial charge in [0.15, 0.2) is 0 Å². The molecule has 0 aromatic carbocycles. The van der Waals surface area contributed by atoms with Gasteiger partial charge in [-0.25, -0.2) is 13.1 Å². The summed E-state index contributed by atoms with van der Waals surface area (Å²) in [4.78, 5) is 11.0. The van der Waals surface area contributed by atoms with Crippen molar-refractivity contribution in [3.05, 3.63) is 18.0 Å². The third kappa shape index (κ3) is 4.30. The lowest BCUT2D eigenvalue weighted by Gasteiger charge is -2.09. The lowest BCUT2D eigenvalue weighted by atomic mass is 10.3. The second kappa shape index (κ2) is 6.84. The van der Waals surface area contributed by atoms with Crippen molar-refractivity contribution in [2.75, 3.05) is 20.3 Å². The number of carbonyl (C=O) groups is 1. The van der Waals surface area contributed by atoms with E-state index in [1.54, 1.807) is 0 Å². The number of aliphatic hydroxyl groups excluding tert-OH is 1. The highest BCUT2D eigenvalue weighted by atomic mass is 32.2. The number of carbonyl (C=O) groups excluding carboxylic acids is 1. The topological polar surface area (TPSA) is 124 Å². The van der Waals surface area contributed by atoms with Crippen LogP contribution in [0.3, 0.4) is 0 Å². The average Bonchev–Trinajstić information content (AvgIpc) is 2.72. The first-order valence-electron chi connectivity index (χ1n) is 5.90. The van der Waals surface area contributed by atoms with Crippen molar-refractivity contribution in [3.8, 4) is 0 Å². The zero-order valence-corrected chi connectivity index (χ0v) is 12.2. The molecular formula is C11H19N3O5S. The fourth-order valence-corrected chi connectivity index (χ4v) is 2.76. The minimum Gasteiger partial charge on any atom is -0.391 e. The highest BCUT2D eigenvalue weighted by Gasteiger charge is 2.19. The summed E-state index contributed by atoms with van der Waals surface area (Å²) in [5.74, 6) is -0.704. The number of amides is 1. The number of aliphatic hydroxyl groups is 1. The van der Waals surface area contributed by atoms with Gasteiger partial charge in [-0.3, -0.25) is 4.79 Å². The quantitative estimate of drug-likeness (QED) is 0.556. The van der Waals surface area contributed by atoms with E-state index in [4.69, 9.17) is 10.5 Å². The SMILES string of the molecule is COCC(O)CCNS(=O)(=O)c1cc(C(N)=O)n(C)c1. The number of hydrogen-bond donors (Lipinski definition) is 3. The molecule has 114 valence electrons. The molecule has 1 unspecified atom stereocenters. The van der Waals surface area contributed by atoms with Gasteiger partial charge in [0.05, 0.1) is 12.7 Å². The van der Waals surface area contributed by atoms with Gasteiger partial charge in [0, 0.05) is 26.9 Å². The fraction of sp³-hybridized carbons (Fsp3) is 0.545. The molecule has 0 fully saturated rings. The molecule has 0 spiro atoms. The van der Waals surface area contributed by atoms with E-state index in [9.17, 15) is 18.3 Å². The van der Waals surface area contributed by atoms with E-state index >= 15 is 0 Å². The maximum absolute atomic E-state index is 12.0. The summed E-state index contributed by atoms with van der Waals surface area (Å²) in [6.07, 6.45) is 0.788. The Hall–Kier alpha value is -1.42. The zero-order valence-electron chi connectivity index (χ0n) is 11.4. The number of aryl methyl sites for hydroxylation is 1. The molecule has 1 amide bonds. The molecule has 1 heterocycles. The standard InChI is InChI=1S/C11H19N3O5S/c1-14-6-9(5-10(14)11(12)16)20(17,18)13-4-3-8(15)7-19-2/h5-6,8,13,15H,3-4,7H2,1-2H3,(H2,12,16). The average molecular weight is 305 g/mol. The normalized spacial score (nSPS) is 13.3. The minimum absolute atomic E-state index is 0.0463. The molecule has 0 aliphatic rings. The van der Waals surface area contributed by atoms with Crippen LogP contribution in [0.5, 0.6) is 0 Å². The van der Waals surface area contributed by atoms with Gasteiger partial charge in [-0.1, -0.05) is 0 Å². The maximum atomic E-state index is 12.0. The van der Waals surface area contributed by atoms with Crippen molar-refractivity contribution in [3.63, 3.8) is 0 Å². The van der Waals surface area contributed by atoms with Crippen LogP contribution in [0.4, 0.5) is 0 Å². The van der Waals surface area contributed by atoms with Crippen LogP contribution in [0.1, 0.15) is 16.9 Å². The third-order valence-corrected chi connectivity index (χ3v) is 4.10. The third-order valence-electron chi connectivity index (χ3n) is 2.67. The number of ether oxygens (including phenoxy) is 1. The Balaban J connectivity index is 2.70. The van der Waals surface area contributed by atoms with Crippen LogP contribution in [0.15, 0.2) is 17.2 Å². The molecule has 1 rings (SSSR count). The van der Waals surface area contributed by atoms with Gasteiger partial charge in [0.25, 0.3) is 5.91 Å². The second-order valence-electron chi connectivity index (χ2n) is 4.33. The van der Waals surface area contributed by atoms with Crippen LogP contribution < -0.4 is 10.5 Å². The smallest absolute Gasteiger partial charge is 0.265 e. The summed E-state index contributed by atoms with van der Waals surface area (Å²) < 4.78 is 32.4. The fourth-order valence-electron chi connectivity index (χ4n) is 1.65. The van der Waals surface area contributed by atoms with Gasteiger partial charge in [0.1, 0.15) is 10.6 Å². The Morgan fingerprint density at radius 1 is 1.60 bits per heavy atom. The summed E-state index contributed by atoms with van der Waals surface area (Å²) in [5.41, 5.74) is 5.22. The first-order chi connectivity index (χ1) is 9.27. The molecule has 0 radical (unpaired) electrons. The van der Waals surface area contributed by atoms with Crippen LogP contribution >= 0.6 is 0 Å². The van der Waals surface area contributed by atoms with Crippen molar-refractivity contribution in [1.29, 1.82) is 0 Å². The number of sulfonamides is 1. The van der Waals surface area contributed by atoms with Crippen LogP contribution in [-0.4, -0.2) is 50.4 Å². The first-order valence-corrected chi connectivity index (χ1v) is 7.39. The van der Waals surface area contributed by atoms with Gasteiger partial charge < -0.3 is 20.1 Å². The molecule has 0 saturated heterocycles. The van der Waals surface area contributed by atoms with Crippen LogP contribution in [-0.2, 0) is 21.8 Å². The highest BCUT2D eigenvalue weighted by molar-refractivity contribution is 7.89. The van der Waals surface area contributed by atoms with Crippen molar-refractivity contribution in [2.24, 2.45) is 12.8 Å². The summed E-state index contributed by atoms with van der Waals surface area (Å²) in [5, 5.41) is 9.41. The molecule has 0 bridgehead atoms. The Labute approximate surface area is 117 Å². The van der Waals surface area contributed by atoms with Crippen molar-refractivity contribution in [2.45, 2.75) is 17.4 Å². The zero-order chi connectivity index (χ0) is 15.3. The molecule has 0 saturated carbocycles. The Bertz CT molecular complexity index is 567. The van der Waals surface area contributed by atoms with E-state index in [1.807, 2.05) is 0 Å². The van der Waals surface area contributed by atoms with E-state index in [0.717, 1.165) is 0 Å². The van der Waals surface area contributed by atoms with E-state index in [2.05, 4.69) is 4.72 Å². The van der Waals surface area contributed by atoms with E-state index < -0.39 is 22.0 Å². The molecule has 20 heavy (non-hydrogen) atoms. The number of rotatable bonds is 8. The summed E-state index contributed by atoms with van der Waals surface area (Å²) in [6, 6.07) is 1.20. The number of methoxy groups -OCH3 is 1. The van der Waals surface area contributed by atoms with Crippen molar-refractivity contribution >= 4 is 15.9 Å². The highest BCUT2D eigenvalue weighted by Crippen LogP contribution is 2.13. The van der Waals surface area contributed by atoms with E-state index in [-0.39, 0.29) is 30.2 Å². The molecule has 1 aromatic heterocycles. The van der Waals surface area contributed by atoms with Gasteiger partial charge >= 0.3 is 0 Å². The monoisotopic (exact) mass is 305 g/mol. The summed E-state index contributed by atoms with van der Waals surface area (Å²) >= 11 is 0. The largest absolute Gasteiger partial charge is 0.391 e. The molecular weight excluding hydrogens is 286 g/mol. The number of aromatic nitrogens is 1. The number of nitrogens with two attached hydrogens (primary N) is 1. The molecule has 4 N–H and O–H groups in total. The molecule has 1 atom stereocenters. The van der Waals surface area contributed by atoms with Gasteiger partial charge in [-0.15, -0.1) is 0 Å². The van der Waals surface area contributed by atoms with Crippen LogP contribution in [0, 0.1) is 0 Å². The van der Waals surface area contributed by atoms with Gasteiger partial charge in [-0.05, 0) is 12.5 Å². The van der Waals surface area contributed by atoms with Gasteiger partial charge in [-0.2, -0.15) is 0 Å². The predicted octanol–water partition coefficient (Wildman–Crippen LogP) is -1.20. The van der Waals surface area contributed by atoms with Crippen LogP contribution in [0.25, 0.3) is 0 Å². The lowest BCUT2D eigenvalue weighted by molar-refractivity contribution is 0.0603. The Morgan fingerprint density at radius 2 is 2.25 bits per heavy atom. The molecule has 9 heteroatoms.